The summed E-state index contributed by atoms with van der Waals surface area (Å²) in [7, 11) is 0. The molecule has 4 heteroatoms. The molecule has 3 nitrogen and oxygen atoms in total. The number of halogens is 1. The zero-order valence-electron chi connectivity index (χ0n) is 17.2. The summed E-state index contributed by atoms with van der Waals surface area (Å²) < 4.78 is 0. The maximum absolute atomic E-state index is 12.8. The number of nitrogens with zero attached hydrogens (tertiary/aromatic N) is 1. The van der Waals surface area contributed by atoms with E-state index < -0.39 is 0 Å². The third-order valence-electron chi connectivity index (χ3n) is 6.74. The van der Waals surface area contributed by atoms with Gasteiger partial charge in [-0.3, -0.25) is 9.69 Å². The summed E-state index contributed by atoms with van der Waals surface area (Å²) in [5, 5.41) is 4.16. The summed E-state index contributed by atoms with van der Waals surface area (Å²) in [6, 6.07) is 16.9. The van der Waals surface area contributed by atoms with Crippen molar-refractivity contribution in [3.05, 3.63) is 70.2 Å². The minimum atomic E-state index is 0.0811. The van der Waals surface area contributed by atoms with E-state index in [0.29, 0.717) is 6.04 Å². The Morgan fingerprint density at radius 1 is 1.03 bits per heavy atom. The maximum atomic E-state index is 12.8. The Hall–Kier alpha value is -1.84. The molecule has 1 aliphatic heterocycles. The van der Waals surface area contributed by atoms with E-state index in [1.165, 1.54) is 31.2 Å². The first-order valence-electron chi connectivity index (χ1n) is 10.9. The molecular formula is C25H31ClN2O. The van der Waals surface area contributed by atoms with E-state index in [1.54, 1.807) is 0 Å². The van der Waals surface area contributed by atoms with Gasteiger partial charge in [-0.25, -0.2) is 0 Å². The van der Waals surface area contributed by atoms with Gasteiger partial charge in [0.05, 0.1) is 0 Å². The van der Waals surface area contributed by atoms with Crippen LogP contribution in [0.15, 0.2) is 48.5 Å². The largest absolute Gasteiger partial charge is 0.348 e. The van der Waals surface area contributed by atoms with Gasteiger partial charge in [0.2, 0.25) is 0 Å². The summed E-state index contributed by atoms with van der Waals surface area (Å²) in [5.41, 5.74) is 3.24. The highest BCUT2D eigenvalue weighted by atomic mass is 35.5. The molecule has 0 spiro atoms. The number of aryl methyl sites for hydroxylation is 1. The van der Waals surface area contributed by atoms with Crippen LogP contribution in [0.3, 0.4) is 0 Å². The fourth-order valence-corrected chi connectivity index (χ4v) is 5.19. The second kappa shape index (κ2) is 9.32. The molecule has 1 N–H and O–H groups in total. The Morgan fingerprint density at radius 3 is 2.48 bits per heavy atom. The SMILES string of the molecule is Cc1ccccc1C(=O)NC1CCCC1N1CCC(Cc2ccc(Cl)cc2)CC1. The van der Waals surface area contributed by atoms with Crippen LogP contribution < -0.4 is 5.32 Å². The molecule has 154 valence electrons. The van der Waals surface area contributed by atoms with Gasteiger partial charge in [0.1, 0.15) is 0 Å². The lowest BCUT2D eigenvalue weighted by atomic mass is 9.89. The van der Waals surface area contributed by atoms with E-state index in [1.807, 2.05) is 43.3 Å². The lowest BCUT2D eigenvalue weighted by Crippen LogP contribution is -2.51. The van der Waals surface area contributed by atoms with Crippen molar-refractivity contribution in [2.24, 2.45) is 5.92 Å². The molecule has 29 heavy (non-hydrogen) atoms. The number of piperidine rings is 1. The summed E-state index contributed by atoms with van der Waals surface area (Å²) >= 11 is 6.01. The van der Waals surface area contributed by atoms with E-state index in [2.05, 4.69) is 22.3 Å². The number of carbonyl (C=O) groups is 1. The quantitative estimate of drug-likeness (QED) is 0.729. The molecular weight excluding hydrogens is 380 g/mol. The van der Waals surface area contributed by atoms with Crippen molar-refractivity contribution in [2.75, 3.05) is 13.1 Å². The molecule has 1 aliphatic carbocycles. The highest BCUT2D eigenvalue weighted by Gasteiger charge is 2.35. The third kappa shape index (κ3) is 5.02. The average Bonchev–Trinajstić information content (AvgIpc) is 3.18. The second-order valence-electron chi connectivity index (χ2n) is 8.70. The van der Waals surface area contributed by atoms with Gasteiger partial charge < -0.3 is 5.32 Å². The van der Waals surface area contributed by atoms with Crippen molar-refractivity contribution in [3.63, 3.8) is 0 Å². The van der Waals surface area contributed by atoms with Gasteiger partial charge in [0, 0.05) is 22.7 Å². The van der Waals surface area contributed by atoms with Gasteiger partial charge >= 0.3 is 0 Å². The molecule has 0 aromatic heterocycles. The number of likely N-dealkylation sites (tertiary alicyclic amines) is 1. The van der Waals surface area contributed by atoms with Crippen LogP contribution in [0.1, 0.15) is 53.6 Å². The van der Waals surface area contributed by atoms with Gasteiger partial charge in [0.25, 0.3) is 5.91 Å². The van der Waals surface area contributed by atoms with E-state index in [0.717, 1.165) is 48.0 Å². The van der Waals surface area contributed by atoms with Gasteiger partial charge in [0.15, 0.2) is 0 Å². The standard InChI is InChI=1S/C25H31ClN2O/c1-18-5-2-3-6-22(18)25(29)27-23-7-4-8-24(23)28-15-13-20(14-16-28)17-19-9-11-21(26)12-10-19/h2-3,5-6,9-12,20,23-24H,4,7-8,13-17H2,1H3,(H,27,29). The molecule has 2 aromatic rings. The van der Waals surface area contributed by atoms with E-state index >= 15 is 0 Å². The van der Waals surface area contributed by atoms with E-state index in [4.69, 9.17) is 11.6 Å². The van der Waals surface area contributed by atoms with Crippen LogP contribution in [0, 0.1) is 12.8 Å². The summed E-state index contributed by atoms with van der Waals surface area (Å²) in [6.45, 7) is 4.28. The Labute approximate surface area is 179 Å². The topological polar surface area (TPSA) is 32.3 Å². The van der Waals surface area contributed by atoms with Gasteiger partial charge in [-0.05, 0) is 93.8 Å². The number of nitrogens with one attached hydrogen (secondary N) is 1. The third-order valence-corrected chi connectivity index (χ3v) is 6.99. The second-order valence-corrected chi connectivity index (χ2v) is 9.14. The number of amides is 1. The number of hydrogen-bond acceptors (Lipinski definition) is 2. The Morgan fingerprint density at radius 2 is 1.76 bits per heavy atom. The van der Waals surface area contributed by atoms with Crippen molar-refractivity contribution in [3.8, 4) is 0 Å². The predicted octanol–water partition coefficient (Wildman–Crippen LogP) is 5.25. The molecule has 0 radical (unpaired) electrons. The zero-order chi connectivity index (χ0) is 20.2. The molecule has 2 aliphatic rings. The first kappa shape index (κ1) is 20.4. The summed E-state index contributed by atoms with van der Waals surface area (Å²) in [4.78, 5) is 15.4. The van der Waals surface area contributed by atoms with Gasteiger partial charge in [-0.15, -0.1) is 0 Å². The van der Waals surface area contributed by atoms with Crippen LogP contribution in [0.25, 0.3) is 0 Å². The minimum Gasteiger partial charge on any atom is -0.348 e. The minimum absolute atomic E-state index is 0.0811. The van der Waals surface area contributed by atoms with Crippen LogP contribution in [0.5, 0.6) is 0 Å². The van der Waals surface area contributed by atoms with Crippen LogP contribution in [0.4, 0.5) is 0 Å². The summed E-state index contributed by atoms with van der Waals surface area (Å²) in [5.74, 6) is 0.825. The Kier molecular flexibility index (Phi) is 6.56. The maximum Gasteiger partial charge on any atom is 0.251 e. The molecule has 1 amide bonds. The first-order chi connectivity index (χ1) is 14.1. The molecule has 1 heterocycles. The van der Waals surface area contributed by atoms with Crippen LogP contribution in [-0.2, 0) is 6.42 Å². The number of hydrogen-bond donors (Lipinski definition) is 1. The predicted molar refractivity (Wildman–Crippen MR) is 120 cm³/mol. The molecule has 1 saturated heterocycles. The van der Waals surface area contributed by atoms with E-state index in [9.17, 15) is 4.79 Å². The van der Waals surface area contributed by atoms with Crippen LogP contribution in [0.2, 0.25) is 5.02 Å². The number of rotatable bonds is 5. The van der Waals surface area contributed by atoms with Crippen LogP contribution in [-0.4, -0.2) is 36.0 Å². The zero-order valence-corrected chi connectivity index (χ0v) is 18.0. The smallest absolute Gasteiger partial charge is 0.251 e. The normalized spacial score (nSPS) is 23.2. The first-order valence-corrected chi connectivity index (χ1v) is 11.3. The number of carbonyl (C=O) groups excluding carboxylic acids is 1. The fourth-order valence-electron chi connectivity index (χ4n) is 5.06. The molecule has 2 unspecified atom stereocenters. The highest BCUT2D eigenvalue weighted by molar-refractivity contribution is 6.30. The van der Waals surface area contributed by atoms with Gasteiger partial charge in [-0.2, -0.15) is 0 Å². The lowest BCUT2D eigenvalue weighted by Gasteiger charge is -2.38. The number of benzene rings is 2. The lowest BCUT2D eigenvalue weighted by molar-refractivity contribution is 0.0861. The van der Waals surface area contributed by atoms with Crippen molar-refractivity contribution >= 4 is 17.5 Å². The molecule has 4 rings (SSSR count). The van der Waals surface area contributed by atoms with Crippen molar-refractivity contribution in [2.45, 2.75) is 57.5 Å². The van der Waals surface area contributed by atoms with Crippen molar-refractivity contribution < 1.29 is 4.79 Å². The molecule has 2 fully saturated rings. The molecule has 1 saturated carbocycles. The highest BCUT2D eigenvalue weighted by Crippen LogP contribution is 2.30. The van der Waals surface area contributed by atoms with Gasteiger partial charge in [-0.1, -0.05) is 41.9 Å². The molecule has 2 atom stereocenters. The monoisotopic (exact) mass is 410 g/mol. The Balaban J connectivity index is 1.31. The van der Waals surface area contributed by atoms with Crippen molar-refractivity contribution in [1.82, 2.24) is 10.2 Å². The van der Waals surface area contributed by atoms with Crippen LogP contribution >= 0.6 is 11.6 Å². The Bertz CT molecular complexity index is 827. The fraction of sp³-hybridized carbons (Fsp3) is 0.480. The van der Waals surface area contributed by atoms with E-state index in [-0.39, 0.29) is 11.9 Å². The summed E-state index contributed by atoms with van der Waals surface area (Å²) in [6.07, 6.45) is 7.10. The molecule has 0 bridgehead atoms. The van der Waals surface area contributed by atoms with Crippen molar-refractivity contribution in [1.29, 1.82) is 0 Å². The molecule has 2 aromatic carbocycles. The average molecular weight is 411 g/mol.